The van der Waals surface area contributed by atoms with E-state index in [4.69, 9.17) is 4.99 Å². The zero-order valence-electron chi connectivity index (χ0n) is 19.0. The molecule has 0 saturated carbocycles. The number of unbranched alkanes of at least 4 members (excludes halogenated alkanes) is 3. The molecule has 0 amide bonds. The molecular weight excluding hydrogens is 376 g/mol. The molecule has 0 spiro atoms. The summed E-state index contributed by atoms with van der Waals surface area (Å²) in [5.41, 5.74) is 4.20. The van der Waals surface area contributed by atoms with Crippen molar-refractivity contribution in [2.45, 2.75) is 57.9 Å². The van der Waals surface area contributed by atoms with E-state index in [2.05, 4.69) is 66.6 Å². The molecule has 162 valence electrons. The molecule has 2 aliphatic carbocycles. The highest BCUT2D eigenvalue weighted by Gasteiger charge is 2.41. The molecule has 0 N–H and O–H groups in total. The predicted octanol–water partition coefficient (Wildman–Crippen LogP) is 5.52. The van der Waals surface area contributed by atoms with Crippen LogP contribution in [-0.4, -0.2) is 23.7 Å². The molecule has 1 saturated heterocycles. The number of benzene rings is 1. The van der Waals surface area contributed by atoms with Crippen molar-refractivity contribution in [2.24, 2.45) is 16.8 Å². The molecule has 4 rings (SSSR count). The monoisotopic (exact) mass is 412 g/mol. The number of likely N-dealkylation sites (tertiary alicyclic amines) is 1. The van der Waals surface area contributed by atoms with Crippen LogP contribution in [0.5, 0.6) is 0 Å². The average molecular weight is 413 g/mol. The average Bonchev–Trinajstić information content (AvgIpc) is 3.11. The molecule has 31 heavy (non-hydrogen) atoms. The van der Waals surface area contributed by atoms with E-state index in [-0.39, 0.29) is 0 Å². The Kier molecular flexibility index (Phi) is 7.06. The van der Waals surface area contributed by atoms with Crippen LogP contribution in [-0.2, 0) is 0 Å². The highest BCUT2D eigenvalue weighted by atomic mass is 15.2. The molecule has 1 aromatic rings. The molecular formula is C29H36N2. The minimum absolute atomic E-state index is 0.317. The summed E-state index contributed by atoms with van der Waals surface area (Å²) in [6.45, 7) is 11.3. The second kappa shape index (κ2) is 10.1. The van der Waals surface area contributed by atoms with E-state index in [1.165, 1.54) is 43.0 Å². The lowest BCUT2D eigenvalue weighted by Crippen LogP contribution is -2.32. The van der Waals surface area contributed by atoms with Crippen LogP contribution in [0.2, 0.25) is 0 Å². The molecule has 0 aromatic heterocycles. The molecule has 1 fully saturated rings. The van der Waals surface area contributed by atoms with Crippen molar-refractivity contribution in [3.63, 3.8) is 0 Å². The lowest BCUT2D eigenvalue weighted by atomic mass is 9.81. The van der Waals surface area contributed by atoms with Crippen LogP contribution in [0.1, 0.15) is 51.9 Å². The highest BCUT2D eigenvalue weighted by molar-refractivity contribution is 5.66. The summed E-state index contributed by atoms with van der Waals surface area (Å²) in [6.07, 6.45) is 22.2. The van der Waals surface area contributed by atoms with Gasteiger partial charge in [-0.25, -0.2) is 0 Å². The molecule has 3 aliphatic rings. The fourth-order valence-electron chi connectivity index (χ4n) is 5.44. The number of rotatable bonds is 8. The number of nitrogens with zero attached hydrogens (tertiary/aromatic N) is 2. The van der Waals surface area contributed by atoms with E-state index < -0.39 is 0 Å². The Bertz CT molecular complexity index is 1020. The lowest BCUT2D eigenvalue weighted by molar-refractivity contribution is 0.279. The van der Waals surface area contributed by atoms with Gasteiger partial charge in [-0.15, -0.1) is 6.58 Å². The fraction of sp³-hybridized carbons (Fsp3) is 0.414. The summed E-state index contributed by atoms with van der Waals surface area (Å²) >= 11 is 0. The normalized spacial score (nSPS) is 25.7. The minimum atomic E-state index is 0.317. The molecule has 1 heterocycles. The van der Waals surface area contributed by atoms with Crippen LogP contribution in [0.3, 0.4) is 0 Å². The van der Waals surface area contributed by atoms with Crippen molar-refractivity contribution in [3.05, 3.63) is 82.9 Å². The molecule has 3 atom stereocenters. The first kappa shape index (κ1) is 21.6. The van der Waals surface area contributed by atoms with Crippen molar-refractivity contribution in [2.75, 3.05) is 6.54 Å². The maximum Gasteiger partial charge on any atom is 0.0549 e. The van der Waals surface area contributed by atoms with Crippen molar-refractivity contribution >= 4 is 18.5 Å². The van der Waals surface area contributed by atoms with E-state index >= 15 is 0 Å². The zero-order valence-corrected chi connectivity index (χ0v) is 19.0. The molecule has 1 aromatic carbocycles. The van der Waals surface area contributed by atoms with Gasteiger partial charge in [-0.2, -0.15) is 0 Å². The predicted molar refractivity (Wildman–Crippen MR) is 134 cm³/mol. The summed E-state index contributed by atoms with van der Waals surface area (Å²) in [6, 6.07) is 8.93. The van der Waals surface area contributed by atoms with Crippen molar-refractivity contribution in [1.82, 2.24) is 4.90 Å². The third kappa shape index (κ3) is 4.54. The third-order valence-corrected chi connectivity index (χ3v) is 6.92. The Hall–Kier alpha value is -2.61. The van der Waals surface area contributed by atoms with Crippen LogP contribution in [0.15, 0.2) is 77.5 Å². The van der Waals surface area contributed by atoms with Crippen molar-refractivity contribution in [3.8, 4) is 0 Å². The lowest BCUT2D eigenvalue weighted by Gasteiger charge is -2.29. The van der Waals surface area contributed by atoms with Crippen LogP contribution in [0, 0.1) is 11.8 Å². The summed E-state index contributed by atoms with van der Waals surface area (Å²) in [5, 5.41) is 2.23. The second-order valence-corrected chi connectivity index (χ2v) is 8.92. The Balaban J connectivity index is 1.64. The SMILES string of the molecule is C=CCCCCCN1C2=CC[C@@H](/C(N=CC)=c3\ccccc3=C)C=C2[C@H]2CCC=CC21. The molecule has 2 heteroatoms. The summed E-state index contributed by atoms with van der Waals surface area (Å²) in [4.78, 5) is 7.53. The topological polar surface area (TPSA) is 15.6 Å². The van der Waals surface area contributed by atoms with Gasteiger partial charge in [-0.05, 0) is 56.2 Å². The summed E-state index contributed by atoms with van der Waals surface area (Å²) in [5.74, 6) is 0.936. The maximum atomic E-state index is 4.84. The van der Waals surface area contributed by atoms with E-state index in [1.54, 1.807) is 5.57 Å². The molecule has 0 bridgehead atoms. The maximum absolute atomic E-state index is 4.84. The second-order valence-electron chi connectivity index (χ2n) is 8.92. The van der Waals surface area contributed by atoms with Crippen molar-refractivity contribution in [1.29, 1.82) is 0 Å². The summed E-state index contributed by atoms with van der Waals surface area (Å²) < 4.78 is 0. The van der Waals surface area contributed by atoms with Gasteiger partial charge in [-0.3, -0.25) is 4.99 Å². The molecule has 0 radical (unpaired) electrons. The van der Waals surface area contributed by atoms with Gasteiger partial charge >= 0.3 is 0 Å². The van der Waals surface area contributed by atoms with Gasteiger partial charge in [0.25, 0.3) is 0 Å². The quantitative estimate of drug-likeness (QED) is 0.312. The first-order valence-electron chi connectivity index (χ1n) is 12.0. The van der Waals surface area contributed by atoms with E-state index in [0.29, 0.717) is 17.9 Å². The van der Waals surface area contributed by atoms with Crippen LogP contribution < -0.4 is 10.4 Å². The minimum Gasteiger partial charge on any atom is -0.365 e. The van der Waals surface area contributed by atoms with E-state index in [1.807, 2.05) is 19.2 Å². The first-order valence-corrected chi connectivity index (χ1v) is 12.0. The Morgan fingerprint density at radius 1 is 1.23 bits per heavy atom. The van der Waals surface area contributed by atoms with Crippen molar-refractivity contribution < 1.29 is 0 Å². The third-order valence-electron chi connectivity index (χ3n) is 6.92. The van der Waals surface area contributed by atoms with E-state index in [9.17, 15) is 0 Å². The molecule has 1 aliphatic heterocycles. The first-order chi connectivity index (χ1) is 15.2. The van der Waals surface area contributed by atoms with Gasteiger partial charge in [0.15, 0.2) is 0 Å². The number of hydrogen-bond acceptors (Lipinski definition) is 2. The van der Waals surface area contributed by atoms with Crippen LogP contribution in [0.25, 0.3) is 12.3 Å². The van der Waals surface area contributed by atoms with Crippen LogP contribution >= 0.6 is 0 Å². The van der Waals surface area contributed by atoms with Gasteiger partial charge in [0.05, 0.1) is 11.7 Å². The zero-order chi connectivity index (χ0) is 21.6. The molecule has 2 nitrogen and oxygen atoms in total. The summed E-state index contributed by atoms with van der Waals surface area (Å²) in [7, 11) is 0. The number of aliphatic imine (C=N–C) groups is 1. The number of fused-ring (bicyclic) bond motifs is 3. The van der Waals surface area contributed by atoms with Gasteiger partial charge in [0.1, 0.15) is 0 Å². The van der Waals surface area contributed by atoms with Gasteiger partial charge in [-0.1, -0.05) is 67.6 Å². The number of allylic oxidation sites excluding steroid dienone is 4. The largest absolute Gasteiger partial charge is 0.365 e. The highest BCUT2D eigenvalue weighted by Crippen LogP contribution is 2.46. The van der Waals surface area contributed by atoms with Crippen LogP contribution in [0.4, 0.5) is 0 Å². The van der Waals surface area contributed by atoms with Gasteiger partial charge < -0.3 is 4.90 Å². The fourth-order valence-corrected chi connectivity index (χ4v) is 5.44. The van der Waals surface area contributed by atoms with Gasteiger partial charge in [0.2, 0.25) is 0 Å². The molecule has 1 unspecified atom stereocenters. The number of hydrogen-bond donors (Lipinski definition) is 0. The standard InChI is InChI=1S/C29H36N2/c1-4-6-7-8-13-20-31-27-17-12-11-16-25(27)26-21-23(18-19-28(26)31)29(30-5-2)24-15-10-9-14-22(24)3/h4-5,9-10,12,14-15,17,19,21,23,25,27H,1,3,6-8,11,13,16,18,20H2,2H3/b29-24-,30-5?/t23-,25-,27?/m1/s1. The smallest absolute Gasteiger partial charge is 0.0549 e. The van der Waals surface area contributed by atoms with Gasteiger partial charge in [0, 0.05) is 35.5 Å². The van der Waals surface area contributed by atoms with E-state index in [0.717, 1.165) is 30.3 Å². The Morgan fingerprint density at radius 2 is 2.10 bits per heavy atom. The Morgan fingerprint density at radius 3 is 2.90 bits per heavy atom. The Labute approximate surface area is 187 Å².